The number of phenolic OH excluding ortho intramolecular Hbond substituents is 3. The third kappa shape index (κ3) is 6.93. The number of phenols is 3. The molecule has 47 heavy (non-hydrogen) atoms. The minimum atomic E-state index is -5.44. The van der Waals surface area contributed by atoms with Crippen molar-refractivity contribution in [3.05, 3.63) is 68.8 Å². The van der Waals surface area contributed by atoms with Gasteiger partial charge in [0, 0.05) is 6.07 Å². The molecule has 6 N–H and O–H groups in total. The van der Waals surface area contributed by atoms with Gasteiger partial charge in [0.2, 0.25) is 5.75 Å². The minimum absolute atomic E-state index is 0.354. The highest BCUT2D eigenvalue weighted by Crippen LogP contribution is 2.50. The van der Waals surface area contributed by atoms with Crippen LogP contribution in [0.3, 0.4) is 0 Å². The molecule has 0 unspecified atom stereocenters. The fraction of sp³-hybridized carbons (Fsp3) is 0. The molecule has 22 nitrogen and oxygen atoms in total. The van der Waals surface area contributed by atoms with Gasteiger partial charge >= 0.3 is 5.69 Å². The molecule has 0 saturated heterocycles. The van der Waals surface area contributed by atoms with Gasteiger partial charge in [0.15, 0.2) is 11.5 Å². The zero-order chi connectivity index (χ0) is 35.2. The van der Waals surface area contributed by atoms with E-state index < -0.39 is 111 Å². The Morgan fingerprint density at radius 3 is 1.62 bits per heavy atom. The zero-order valence-corrected chi connectivity index (χ0v) is 24.7. The summed E-state index contributed by atoms with van der Waals surface area (Å²) < 4.78 is 100. The summed E-state index contributed by atoms with van der Waals surface area (Å²) in [6.07, 6.45) is 0. The molecule has 25 heteroatoms. The van der Waals surface area contributed by atoms with E-state index in [0.29, 0.717) is 24.3 Å². The van der Waals surface area contributed by atoms with E-state index in [1.165, 1.54) is 0 Å². The molecule has 0 saturated carbocycles. The van der Waals surface area contributed by atoms with Crippen molar-refractivity contribution in [2.45, 2.75) is 14.7 Å². The highest BCUT2D eigenvalue weighted by atomic mass is 32.2. The molecule has 0 heterocycles. The number of azo groups is 2. The Hall–Kier alpha value is -5.73. The smallest absolute Gasteiger partial charge is 0.319 e. The number of hydrogen-bond donors (Lipinski definition) is 6. The molecule has 0 fully saturated rings. The molecule has 4 aromatic rings. The standard InChI is InChI=1S/C22H14N6O16S3/c29-20-13(7-11(27(32)33)8-14(20)28(34)35)24-26-19-16(47(42,43)44)5-9-4-15(46(39,40)41)18(21(30)17(9)22(19)31)25-23-10-2-1-3-12(6-10)45(36,37)38/h1-8,29-31H,(H,36,37,38)(H,39,40,41)(H,42,43,44). The topological polar surface area (TPSA) is 360 Å². The number of benzene rings is 4. The Kier molecular flexibility index (Phi) is 8.64. The molecule has 0 bridgehead atoms. The first-order valence-electron chi connectivity index (χ1n) is 11.7. The summed E-state index contributed by atoms with van der Waals surface area (Å²) in [7, 11) is -15.5. The average Bonchev–Trinajstić information content (AvgIpc) is 2.94. The SMILES string of the molecule is O=[N+]([O-])c1cc(N=Nc2c(S(=O)(=O)O)cc3cc(S(=O)(=O)O)c(N=Nc4cccc(S(=O)(=O)O)c4)c(O)c3c2O)c(O)c([N+](=O)[O-])c1. The van der Waals surface area contributed by atoms with Gasteiger partial charge in [0.25, 0.3) is 36.0 Å². The highest BCUT2D eigenvalue weighted by molar-refractivity contribution is 7.86. The van der Waals surface area contributed by atoms with E-state index in [0.717, 1.165) is 24.3 Å². The van der Waals surface area contributed by atoms with Crippen LogP contribution in [0.15, 0.2) is 83.7 Å². The minimum Gasteiger partial charge on any atom is -0.505 e. The third-order valence-electron chi connectivity index (χ3n) is 5.91. The quantitative estimate of drug-likeness (QED) is 0.0607. The van der Waals surface area contributed by atoms with E-state index in [-0.39, 0.29) is 5.69 Å². The Morgan fingerprint density at radius 1 is 0.617 bits per heavy atom. The number of fused-ring (bicyclic) bond motifs is 1. The van der Waals surface area contributed by atoms with Crippen LogP contribution in [0.4, 0.5) is 34.1 Å². The van der Waals surface area contributed by atoms with Crippen LogP contribution >= 0.6 is 0 Å². The molecule has 0 radical (unpaired) electrons. The maximum absolute atomic E-state index is 12.2. The molecule has 4 aromatic carbocycles. The lowest BCUT2D eigenvalue weighted by atomic mass is 10.1. The van der Waals surface area contributed by atoms with Crippen molar-refractivity contribution in [3.8, 4) is 17.2 Å². The van der Waals surface area contributed by atoms with Gasteiger partial charge in [0.1, 0.15) is 26.9 Å². The Bertz CT molecular complexity index is 2430. The lowest BCUT2D eigenvalue weighted by Crippen LogP contribution is -2.01. The van der Waals surface area contributed by atoms with Gasteiger partial charge < -0.3 is 15.3 Å². The molecule has 0 aromatic heterocycles. The predicted octanol–water partition coefficient (Wildman–Crippen LogP) is 4.34. The summed E-state index contributed by atoms with van der Waals surface area (Å²) in [6.45, 7) is 0. The first-order chi connectivity index (χ1) is 21.6. The van der Waals surface area contributed by atoms with E-state index in [1.807, 2.05) is 0 Å². The monoisotopic (exact) mass is 714 g/mol. The van der Waals surface area contributed by atoms with Crippen molar-refractivity contribution in [2.75, 3.05) is 0 Å². The van der Waals surface area contributed by atoms with Crippen molar-refractivity contribution in [1.82, 2.24) is 0 Å². The fourth-order valence-electron chi connectivity index (χ4n) is 3.88. The van der Waals surface area contributed by atoms with Crippen LogP contribution in [0.25, 0.3) is 10.8 Å². The summed E-state index contributed by atoms with van der Waals surface area (Å²) in [5.41, 5.74) is -5.94. The molecule has 0 amide bonds. The van der Waals surface area contributed by atoms with Crippen LogP contribution in [0.2, 0.25) is 0 Å². The third-order valence-corrected chi connectivity index (χ3v) is 8.49. The van der Waals surface area contributed by atoms with Gasteiger partial charge in [-0.1, -0.05) is 6.07 Å². The van der Waals surface area contributed by atoms with E-state index in [2.05, 4.69) is 20.5 Å². The van der Waals surface area contributed by atoms with Crippen molar-refractivity contribution < 1.29 is 64.1 Å². The largest absolute Gasteiger partial charge is 0.505 e. The van der Waals surface area contributed by atoms with Crippen molar-refractivity contribution in [1.29, 1.82) is 0 Å². The summed E-state index contributed by atoms with van der Waals surface area (Å²) in [4.78, 5) is 16.8. The van der Waals surface area contributed by atoms with Crippen molar-refractivity contribution in [3.63, 3.8) is 0 Å². The molecule has 4 rings (SSSR count). The summed E-state index contributed by atoms with van der Waals surface area (Å²) in [6, 6.07) is 5.68. The summed E-state index contributed by atoms with van der Waals surface area (Å²) in [5.74, 6) is -4.03. The van der Waals surface area contributed by atoms with Crippen LogP contribution in [0.5, 0.6) is 17.2 Å². The molecule has 246 valence electrons. The second-order valence-electron chi connectivity index (χ2n) is 8.91. The molecule has 0 aliphatic heterocycles. The van der Waals surface area contributed by atoms with Crippen molar-refractivity contribution >= 4 is 75.3 Å². The lowest BCUT2D eigenvalue weighted by molar-refractivity contribution is -0.394. The normalized spacial score (nSPS) is 12.7. The molecule has 0 aliphatic carbocycles. The first kappa shape index (κ1) is 34.1. The second-order valence-corrected chi connectivity index (χ2v) is 13.1. The number of nitro benzene ring substituents is 2. The van der Waals surface area contributed by atoms with Gasteiger partial charge in [-0.15, -0.1) is 15.3 Å². The molecule has 0 atom stereocenters. The predicted molar refractivity (Wildman–Crippen MR) is 153 cm³/mol. The van der Waals surface area contributed by atoms with E-state index in [4.69, 9.17) is 0 Å². The number of non-ortho nitro benzene ring substituents is 1. The highest BCUT2D eigenvalue weighted by Gasteiger charge is 2.30. The number of nitrogens with zero attached hydrogens (tertiary/aromatic N) is 6. The maximum atomic E-state index is 12.2. The van der Waals surface area contributed by atoms with E-state index in [9.17, 15) is 74.5 Å². The van der Waals surface area contributed by atoms with Gasteiger partial charge in [-0.25, -0.2) is 0 Å². The second kappa shape index (κ2) is 11.9. The number of aromatic hydroxyl groups is 3. The van der Waals surface area contributed by atoms with Crippen molar-refractivity contribution in [2.24, 2.45) is 20.5 Å². The Balaban J connectivity index is 2.04. The van der Waals surface area contributed by atoms with Gasteiger partial charge in [-0.3, -0.25) is 33.9 Å². The molecular weight excluding hydrogens is 700 g/mol. The summed E-state index contributed by atoms with van der Waals surface area (Å²) >= 11 is 0. The Morgan fingerprint density at radius 2 is 1.15 bits per heavy atom. The van der Waals surface area contributed by atoms with Gasteiger partial charge in [-0.05, 0) is 35.7 Å². The van der Waals surface area contributed by atoms with E-state index in [1.54, 1.807) is 0 Å². The molecular formula is C22H14N6O16S3. The molecule has 0 aliphatic rings. The first-order valence-corrected chi connectivity index (χ1v) is 16.0. The fourth-order valence-corrected chi connectivity index (χ4v) is 5.71. The van der Waals surface area contributed by atoms with Crippen LogP contribution in [0, 0.1) is 20.2 Å². The maximum Gasteiger partial charge on any atom is 0.319 e. The molecule has 0 spiro atoms. The number of rotatable bonds is 9. The van der Waals surface area contributed by atoms with Crippen LogP contribution < -0.4 is 0 Å². The lowest BCUT2D eigenvalue weighted by Gasteiger charge is -2.13. The van der Waals surface area contributed by atoms with E-state index >= 15 is 0 Å². The van der Waals surface area contributed by atoms with Crippen LogP contribution in [-0.2, 0) is 30.4 Å². The van der Waals surface area contributed by atoms with Gasteiger partial charge in [0.05, 0.1) is 31.9 Å². The van der Waals surface area contributed by atoms with Crippen LogP contribution in [-0.4, -0.2) is 64.1 Å². The van der Waals surface area contributed by atoms with Crippen LogP contribution in [0.1, 0.15) is 0 Å². The average molecular weight is 715 g/mol. The zero-order valence-electron chi connectivity index (χ0n) is 22.3. The Labute approximate surface area is 260 Å². The van der Waals surface area contributed by atoms with Gasteiger partial charge in [-0.2, -0.15) is 30.4 Å². The summed E-state index contributed by atoms with van der Waals surface area (Å²) in [5, 5.41) is 66.7. The number of hydrogen-bond acceptors (Lipinski definition) is 17. The number of nitro groups is 2.